The molecule has 2 aromatic heterocycles. The number of carbonyl (C=O) groups is 1. The van der Waals surface area contributed by atoms with Crippen molar-refractivity contribution < 1.29 is 9.53 Å². The van der Waals surface area contributed by atoms with Gasteiger partial charge in [0.25, 0.3) is 0 Å². The summed E-state index contributed by atoms with van der Waals surface area (Å²) in [4.78, 5) is 17.2. The lowest BCUT2D eigenvalue weighted by molar-refractivity contribution is 0.0991. The molecular formula is C28H24N4O2S. The van der Waals surface area contributed by atoms with Gasteiger partial charge < -0.3 is 9.72 Å². The van der Waals surface area contributed by atoms with Gasteiger partial charge in [-0.1, -0.05) is 78.5 Å². The highest BCUT2D eigenvalue weighted by Gasteiger charge is 2.28. The van der Waals surface area contributed by atoms with Crippen LogP contribution in [-0.4, -0.2) is 32.6 Å². The van der Waals surface area contributed by atoms with E-state index in [1.165, 1.54) is 11.8 Å². The van der Waals surface area contributed by atoms with Gasteiger partial charge in [-0.15, -0.1) is 16.8 Å². The van der Waals surface area contributed by atoms with Crippen molar-refractivity contribution in [1.29, 1.82) is 0 Å². The predicted molar refractivity (Wildman–Crippen MR) is 140 cm³/mol. The maximum atomic E-state index is 13.9. The van der Waals surface area contributed by atoms with Crippen LogP contribution in [0.1, 0.15) is 21.2 Å². The molecule has 5 aromatic rings. The first-order valence-corrected chi connectivity index (χ1v) is 12.1. The number of ether oxygens (including phenoxy) is 1. The van der Waals surface area contributed by atoms with E-state index in [2.05, 4.69) is 21.8 Å². The highest BCUT2D eigenvalue weighted by atomic mass is 32.2. The lowest BCUT2D eigenvalue weighted by atomic mass is 10.0. The molecule has 1 unspecified atom stereocenters. The average Bonchev–Trinajstić information content (AvgIpc) is 3.52. The lowest BCUT2D eigenvalue weighted by Crippen LogP contribution is -2.11. The fourth-order valence-corrected chi connectivity index (χ4v) is 5.24. The van der Waals surface area contributed by atoms with E-state index in [9.17, 15) is 4.79 Å². The summed E-state index contributed by atoms with van der Waals surface area (Å²) in [7, 11) is 1.63. The van der Waals surface area contributed by atoms with Crippen molar-refractivity contribution >= 4 is 28.4 Å². The molecule has 1 atom stereocenters. The van der Waals surface area contributed by atoms with Crippen molar-refractivity contribution in [3.8, 4) is 17.1 Å². The SMILES string of the molecule is C=CCn1c(SC(C(=O)c2c[nH]c3ccccc23)c2ccccc2)nnc1-c1ccccc1OC. The Balaban J connectivity index is 1.58. The normalized spacial score (nSPS) is 11.9. The van der Waals surface area contributed by atoms with Crippen LogP contribution in [0.15, 0.2) is 103 Å². The minimum Gasteiger partial charge on any atom is -0.496 e. The van der Waals surface area contributed by atoms with E-state index >= 15 is 0 Å². The first-order chi connectivity index (χ1) is 17.2. The van der Waals surface area contributed by atoms with Gasteiger partial charge in [-0.2, -0.15) is 0 Å². The number of rotatable bonds is 9. The number of fused-ring (bicyclic) bond motifs is 1. The molecule has 0 aliphatic heterocycles. The van der Waals surface area contributed by atoms with Gasteiger partial charge in [-0.25, -0.2) is 0 Å². The van der Waals surface area contributed by atoms with Crippen molar-refractivity contribution in [2.45, 2.75) is 17.0 Å². The molecule has 5 rings (SSSR count). The fourth-order valence-electron chi connectivity index (χ4n) is 4.12. The summed E-state index contributed by atoms with van der Waals surface area (Å²) in [6.45, 7) is 4.40. The minimum absolute atomic E-state index is 0.00523. The second-order valence-electron chi connectivity index (χ2n) is 7.93. The van der Waals surface area contributed by atoms with Crippen LogP contribution >= 0.6 is 11.8 Å². The molecule has 0 fully saturated rings. The number of thioether (sulfide) groups is 1. The third kappa shape index (κ3) is 4.38. The summed E-state index contributed by atoms with van der Waals surface area (Å²) in [5, 5.41) is 10.0. The molecule has 35 heavy (non-hydrogen) atoms. The predicted octanol–water partition coefficient (Wildman–Crippen LogP) is 6.34. The largest absolute Gasteiger partial charge is 0.496 e. The third-order valence-electron chi connectivity index (χ3n) is 5.79. The Morgan fingerprint density at radius 2 is 1.80 bits per heavy atom. The van der Waals surface area contributed by atoms with Crippen molar-refractivity contribution in [3.05, 3.63) is 109 Å². The molecule has 2 heterocycles. The number of hydrogen-bond donors (Lipinski definition) is 1. The Hall–Kier alpha value is -4.10. The van der Waals surface area contributed by atoms with Crippen molar-refractivity contribution in [2.24, 2.45) is 0 Å². The number of hydrogen-bond acceptors (Lipinski definition) is 5. The zero-order valence-corrected chi connectivity index (χ0v) is 20.0. The molecule has 0 saturated carbocycles. The van der Waals surface area contributed by atoms with Crippen LogP contribution in [0, 0.1) is 0 Å². The van der Waals surface area contributed by atoms with Crippen LogP contribution in [-0.2, 0) is 6.54 Å². The summed E-state index contributed by atoms with van der Waals surface area (Å²) < 4.78 is 7.52. The van der Waals surface area contributed by atoms with Crippen LogP contribution < -0.4 is 4.74 Å². The first kappa shape index (κ1) is 22.7. The average molecular weight is 481 g/mol. The number of benzene rings is 3. The highest BCUT2D eigenvalue weighted by molar-refractivity contribution is 8.00. The number of aromatic nitrogens is 4. The number of nitrogens with one attached hydrogen (secondary N) is 1. The molecule has 0 aliphatic rings. The molecule has 7 heteroatoms. The van der Waals surface area contributed by atoms with E-state index in [1.54, 1.807) is 19.4 Å². The molecule has 0 amide bonds. The van der Waals surface area contributed by atoms with Crippen LogP contribution in [0.25, 0.3) is 22.3 Å². The van der Waals surface area contributed by atoms with Gasteiger partial charge in [0.1, 0.15) is 11.0 Å². The van der Waals surface area contributed by atoms with Crippen molar-refractivity contribution in [3.63, 3.8) is 0 Å². The third-order valence-corrected chi connectivity index (χ3v) is 7.03. The molecule has 174 valence electrons. The van der Waals surface area contributed by atoms with E-state index in [0.29, 0.717) is 28.8 Å². The Bertz CT molecular complexity index is 1490. The van der Waals surface area contributed by atoms with Gasteiger partial charge in [0, 0.05) is 29.2 Å². The van der Waals surface area contributed by atoms with Crippen molar-refractivity contribution in [2.75, 3.05) is 7.11 Å². The number of carbonyl (C=O) groups excluding carboxylic acids is 1. The Morgan fingerprint density at radius 1 is 1.06 bits per heavy atom. The van der Waals surface area contributed by atoms with Crippen LogP contribution in [0.5, 0.6) is 5.75 Å². The number of aromatic amines is 1. The smallest absolute Gasteiger partial charge is 0.192 e. The van der Waals surface area contributed by atoms with Crippen LogP contribution in [0.2, 0.25) is 0 Å². The number of para-hydroxylation sites is 2. The van der Waals surface area contributed by atoms with Gasteiger partial charge in [0.15, 0.2) is 16.8 Å². The van der Waals surface area contributed by atoms with E-state index in [4.69, 9.17) is 4.74 Å². The van der Waals surface area contributed by atoms with E-state index in [0.717, 1.165) is 22.0 Å². The number of ketones is 1. The molecule has 6 nitrogen and oxygen atoms in total. The quantitative estimate of drug-likeness (QED) is 0.151. The lowest BCUT2D eigenvalue weighted by Gasteiger charge is -2.16. The number of nitrogens with zero attached hydrogens (tertiary/aromatic N) is 3. The number of Topliss-reactive ketones (excluding diaryl/α,β-unsaturated/α-hetero) is 1. The number of methoxy groups -OCH3 is 1. The highest BCUT2D eigenvalue weighted by Crippen LogP contribution is 2.40. The van der Waals surface area contributed by atoms with Gasteiger partial charge in [0.05, 0.1) is 12.7 Å². The molecule has 0 spiro atoms. The standard InChI is InChI=1S/C28H24N4O2S/c1-3-17-32-27(21-14-8-10-16-24(21)34-2)30-31-28(32)35-26(19-11-5-4-6-12-19)25(33)22-18-29-23-15-9-7-13-20(22)23/h3-16,18,26,29H,1,17H2,2H3. The van der Waals surface area contributed by atoms with E-state index in [-0.39, 0.29) is 5.78 Å². The Kier molecular flexibility index (Phi) is 6.50. The number of allylic oxidation sites excluding steroid dienone is 1. The van der Waals surface area contributed by atoms with Crippen molar-refractivity contribution in [1.82, 2.24) is 19.7 Å². The van der Waals surface area contributed by atoms with Gasteiger partial charge in [-0.3, -0.25) is 9.36 Å². The molecule has 0 saturated heterocycles. The second-order valence-corrected chi connectivity index (χ2v) is 9.00. The topological polar surface area (TPSA) is 72.8 Å². The molecule has 0 bridgehead atoms. The molecule has 0 aliphatic carbocycles. The Morgan fingerprint density at radius 3 is 2.60 bits per heavy atom. The maximum absolute atomic E-state index is 13.9. The zero-order chi connectivity index (χ0) is 24.2. The molecule has 1 N–H and O–H groups in total. The molecule has 3 aromatic carbocycles. The summed E-state index contributed by atoms with van der Waals surface area (Å²) in [5.74, 6) is 1.37. The van der Waals surface area contributed by atoms with E-state index < -0.39 is 5.25 Å². The zero-order valence-electron chi connectivity index (χ0n) is 19.2. The molecular weight excluding hydrogens is 456 g/mol. The van der Waals surface area contributed by atoms with Crippen LogP contribution in [0.4, 0.5) is 0 Å². The van der Waals surface area contributed by atoms with Crippen LogP contribution in [0.3, 0.4) is 0 Å². The van der Waals surface area contributed by atoms with Gasteiger partial charge >= 0.3 is 0 Å². The second kappa shape index (κ2) is 10.0. The molecule has 0 radical (unpaired) electrons. The summed E-state index contributed by atoms with van der Waals surface area (Å²) in [6, 6.07) is 25.3. The van der Waals surface area contributed by atoms with Gasteiger partial charge in [0.2, 0.25) is 0 Å². The fraction of sp³-hybridized carbons (Fsp3) is 0.107. The minimum atomic E-state index is -0.506. The maximum Gasteiger partial charge on any atom is 0.192 e. The van der Waals surface area contributed by atoms with E-state index in [1.807, 2.05) is 83.4 Å². The number of H-pyrrole nitrogens is 1. The first-order valence-electron chi connectivity index (χ1n) is 11.2. The summed E-state index contributed by atoms with van der Waals surface area (Å²) in [6.07, 6.45) is 3.59. The summed E-state index contributed by atoms with van der Waals surface area (Å²) >= 11 is 1.39. The summed E-state index contributed by atoms with van der Waals surface area (Å²) in [5.41, 5.74) is 3.32. The van der Waals surface area contributed by atoms with Gasteiger partial charge in [-0.05, 0) is 23.8 Å². The monoisotopic (exact) mass is 480 g/mol. The Labute approximate surface area is 207 Å².